The van der Waals surface area contributed by atoms with E-state index < -0.39 is 5.97 Å². The Morgan fingerprint density at radius 2 is 2.00 bits per heavy atom. The minimum absolute atomic E-state index is 0.367. The number of hydrogen-bond donors (Lipinski definition) is 1. The Hall–Kier alpha value is -1.35. The van der Waals surface area contributed by atoms with Crippen LogP contribution in [0.2, 0.25) is 0 Å². The lowest BCUT2D eigenvalue weighted by molar-refractivity contribution is -0.142. The Balaban J connectivity index is 2.49. The zero-order valence-corrected chi connectivity index (χ0v) is 12.1. The van der Waals surface area contributed by atoms with Gasteiger partial charge >= 0.3 is 5.97 Å². The Kier molecular flexibility index (Phi) is 6.57. The number of aryl methyl sites for hydroxylation is 1. The lowest BCUT2D eigenvalue weighted by atomic mass is 9.94. The van der Waals surface area contributed by atoms with Gasteiger partial charge in [-0.1, -0.05) is 38.1 Å². The van der Waals surface area contributed by atoms with Crippen LogP contribution in [0.3, 0.4) is 0 Å². The number of hydrogen-bond acceptors (Lipinski definition) is 2. The molecule has 1 unspecified atom stereocenters. The molecule has 106 valence electrons. The Bertz CT molecular complexity index is 399. The fraction of sp³-hybridized carbons (Fsp3) is 0.562. The highest BCUT2D eigenvalue weighted by Crippen LogP contribution is 2.16. The first kappa shape index (κ1) is 15.7. The standard InChI is InChI=1S/C16H24O3/c1-12(2)11-19-9-8-15(16(17)18)10-14-7-5-4-6-13(14)3/h4-7,12,15H,8-11H2,1-3H3,(H,17,18). The SMILES string of the molecule is Cc1ccccc1CC(CCOCC(C)C)C(=O)O. The van der Waals surface area contributed by atoms with Crippen molar-refractivity contribution in [2.24, 2.45) is 11.8 Å². The summed E-state index contributed by atoms with van der Waals surface area (Å²) in [6, 6.07) is 7.95. The normalized spacial score (nSPS) is 12.6. The van der Waals surface area contributed by atoms with E-state index in [1.54, 1.807) is 0 Å². The molecule has 1 rings (SSSR count). The van der Waals surface area contributed by atoms with Crippen LogP contribution in [-0.4, -0.2) is 24.3 Å². The number of ether oxygens (including phenoxy) is 1. The van der Waals surface area contributed by atoms with E-state index in [0.717, 1.165) is 11.1 Å². The van der Waals surface area contributed by atoms with E-state index in [1.165, 1.54) is 0 Å². The minimum atomic E-state index is -0.739. The Morgan fingerprint density at radius 3 is 2.58 bits per heavy atom. The van der Waals surface area contributed by atoms with Gasteiger partial charge in [0.05, 0.1) is 5.92 Å². The van der Waals surface area contributed by atoms with Crippen LogP contribution < -0.4 is 0 Å². The molecule has 0 saturated heterocycles. The first-order chi connectivity index (χ1) is 9.00. The maximum absolute atomic E-state index is 11.3. The van der Waals surface area contributed by atoms with Crippen LogP contribution in [0.1, 0.15) is 31.4 Å². The predicted molar refractivity (Wildman–Crippen MR) is 76.3 cm³/mol. The summed E-state index contributed by atoms with van der Waals surface area (Å²) in [5.74, 6) is -0.621. The molecule has 1 atom stereocenters. The van der Waals surface area contributed by atoms with Crippen LogP contribution in [0.4, 0.5) is 0 Å². The van der Waals surface area contributed by atoms with Gasteiger partial charge in [-0.25, -0.2) is 0 Å². The molecule has 0 radical (unpaired) electrons. The van der Waals surface area contributed by atoms with Crippen LogP contribution in [0.15, 0.2) is 24.3 Å². The van der Waals surface area contributed by atoms with Gasteiger partial charge in [-0.15, -0.1) is 0 Å². The molecule has 0 aliphatic carbocycles. The van der Waals surface area contributed by atoms with Crippen molar-refractivity contribution in [2.75, 3.05) is 13.2 Å². The minimum Gasteiger partial charge on any atom is -0.481 e. The number of benzene rings is 1. The number of carbonyl (C=O) groups is 1. The molecule has 1 aromatic carbocycles. The summed E-state index contributed by atoms with van der Waals surface area (Å²) >= 11 is 0. The molecule has 0 aliphatic rings. The highest BCUT2D eigenvalue weighted by molar-refractivity contribution is 5.70. The lowest BCUT2D eigenvalue weighted by Crippen LogP contribution is -2.19. The lowest BCUT2D eigenvalue weighted by Gasteiger charge is -2.14. The van der Waals surface area contributed by atoms with Gasteiger partial charge in [-0.2, -0.15) is 0 Å². The predicted octanol–water partition coefficient (Wildman–Crippen LogP) is 3.30. The molecule has 0 aliphatic heterocycles. The third-order valence-electron chi connectivity index (χ3n) is 3.14. The molecule has 1 aromatic rings. The topological polar surface area (TPSA) is 46.5 Å². The van der Waals surface area contributed by atoms with Crippen LogP contribution in [0.5, 0.6) is 0 Å². The van der Waals surface area contributed by atoms with E-state index in [4.69, 9.17) is 4.74 Å². The van der Waals surface area contributed by atoms with Crippen molar-refractivity contribution < 1.29 is 14.6 Å². The molecule has 0 heterocycles. The van der Waals surface area contributed by atoms with Crippen molar-refractivity contribution in [1.82, 2.24) is 0 Å². The zero-order chi connectivity index (χ0) is 14.3. The van der Waals surface area contributed by atoms with Crippen LogP contribution in [0.25, 0.3) is 0 Å². The molecule has 0 amide bonds. The molecule has 0 spiro atoms. The first-order valence-electron chi connectivity index (χ1n) is 6.85. The second-order valence-electron chi connectivity index (χ2n) is 5.42. The summed E-state index contributed by atoms with van der Waals surface area (Å²) in [7, 11) is 0. The van der Waals surface area contributed by atoms with Gasteiger partial charge in [0.25, 0.3) is 0 Å². The van der Waals surface area contributed by atoms with Gasteiger partial charge in [-0.05, 0) is 36.8 Å². The molecule has 19 heavy (non-hydrogen) atoms. The summed E-state index contributed by atoms with van der Waals surface area (Å²) in [4.78, 5) is 11.3. The fourth-order valence-corrected chi connectivity index (χ4v) is 1.96. The molecule has 0 aromatic heterocycles. The van der Waals surface area contributed by atoms with Crippen LogP contribution in [0, 0.1) is 18.8 Å². The highest BCUT2D eigenvalue weighted by atomic mass is 16.5. The maximum Gasteiger partial charge on any atom is 0.306 e. The molecule has 0 bridgehead atoms. The largest absolute Gasteiger partial charge is 0.481 e. The maximum atomic E-state index is 11.3. The summed E-state index contributed by atoms with van der Waals surface area (Å²) in [6.45, 7) is 7.39. The summed E-state index contributed by atoms with van der Waals surface area (Å²) in [5.41, 5.74) is 2.26. The average Bonchev–Trinajstić information content (AvgIpc) is 2.34. The van der Waals surface area contributed by atoms with Gasteiger partial charge in [0, 0.05) is 13.2 Å². The molecule has 0 fully saturated rings. The smallest absolute Gasteiger partial charge is 0.306 e. The molecule has 1 N–H and O–H groups in total. The van der Waals surface area contributed by atoms with E-state index in [0.29, 0.717) is 32.0 Å². The average molecular weight is 264 g/mol. The molecular formula is C16H24O3. The van der Waals surface area contributed by atoms with Crippen molar-refractivity contribution >= 4 is 5.97 Å². The van der Waals surface area contributed by atoms with E-state index in [2.05, 4.69) is 13.8 Å². The number of rotatable bonds is 8. The molecular weight excluding hydrogens is 240 g/mol. The molecule has 3 heteroatoms. The zero-order valence-electron chi connectivity index (χ0n) is 12.1. The highest BCUT2D eigenvalue weighted by Gasteiger charge is 2.18. The van der Waals surface area contributed by atoms with E-state index in [1.807, 2.05) is 31.2 Å². The van der Waals surface area contributed by atoms with Gasteiger partial charge in [0.15, 0.2) is 0 Å². The Labute approximate surface area is 115 Å². The monoisotopic (exact) mass is 264 g/mol. The number of carboxylic acids is 1. The van der Waals surface area contributed by atoms with Crippen molar-refractivity contribution in [3.05, 3.63) is 35.4 Å². The molecule has 3 nitrogen and oxygen atoms in total. The molecule has 0 saturated carbocycles. The summed E-state index contributed by atoms with van der Waals surface area (Å²) in [6.07, 6.45) is 1.14. The van der Waals surface area contributed by atoms with Gasteiger partial charge in [0.2, 0.25) is 0 Å². The number of aliphatic carboxylic acids is 1. The Morgan fingerprint density at radius 1 is 1.32 bits per heavy atom. The second-order valence-corrected chi connectivity index (χ2v) is 5.42. The van der Waals surface area contributed by atoms with E-state index >= 15 is 0 Å². The van der Waals surface area contributed by atoms with Gasteiger partial charge < -0.3 is 9.84 Å². The van der Waals surface area contributed by atoms with Crippen molar-refractivity contribution in [3.63, 3.8) is 0 Å². The van der Waals surface area contributed by atoms with Crippen LogP contribution >= 0.6 is 0 Å². The second kappa shape index (κ2) is 7.95. The fourth-order valence-electron chi connectivity index (χ4n) is 1.96. The van der Waals surface area contributed by atoms with Crippen molar-refractivity contribution in [3.8, 4) is 0 Å². The van der Waals surface area contributed by atoms with Crippen molar-refractivity contribution in [2.45, 2.75) is 33.6 Å². The van der Waals surface area contributed by atoms with E-state index in [9.17, 15) is 9.90 Å². The quantitative estimate of drug-likeness (QED) is 0.733. The van der Waals surface area contributed by atoms with Crippen molar-refractivity contribution in [1.29, 1.82) is 0 Å². The first-order valence-corrected chi connectivity index (χ1v) is 6.85. The van der Waals surface area contributed by atoms with Gasteiger partial charge in [-0.3, -0.25) is 4.79 Å². The van der Waals surface area contributed by atoms with E-state index in [-0.39, 0.29) is 5.92 Å². The summed E-state index contributed by atoms with van der Waals surface area (Å²) in [5, 5.41) is 9.28. The summed E-state index contributed by atoms with van der Waals surface area (Å²) < 4.78 is 5.48. The third-order valence-corrected chi connectivity index (χ3v) is 3.14. The number of carboxylic acid groups (broad SMARTS) is 1. The van der Waals surface area contributed by atoms with Gasteiger partial charge in [0.1, 0.15) is 0 Å². The van der Waals surface area contributed by atoms with Crippen LogP contribution in [-0.2, 0) is 16.0 Å². The third kappa shape index (κ3) is 5.88.